The number of hydrogen-bond acceptors (Lipinski definition) is 15. The minimum atomic E-state index is -1.73. The Morgan fingerprint density at radius 2 is 1.29 bits per heavy atom. The number of Topliss-reactive ketones (excluding diaryl/α,β-unsaturated/α-hetero) is 1. The molecule has 2 aromatic carbocycles. The van der Waals surface area contributed by atoms with E-state index in [2.05, 4.69) is 73.1 Å². The smallest absolute Gasteiger partial charge is 0.245 e. The molecule has 6 rings (SSSR count). The maximum absolute atomic E-state index is 14.9. The third kappa shape index (κ3) is 23.4. The molecule has 10 amide bonds. The number of fused-ring (bicyclic) bond motifs is 1. The van der Waals surface area contributed by atoms with Crippen molar-refractivity contribution in [2.75, 3.05) is 32.8 Å². The molecule has 0 bridgehead atoms. The number of nitrogens with one attached hydrogen (secondary N) is 12. The van der Waals surface area contributed by atoms with Gasteiger partial charge in [0, 0.05) is 73.8 Å². The highest BCUT2D eigenvalue weighted by molar-refractivity contribution is 6.00. The Labute approximate surface area is 540 Å². The number of nitrogens with two attached hydrogens (primary N) is 2. The number of para-hydroxylation sites is 1. The van der Waals surface area contributed by atoms with Crippen LogP contribution in [0.4, 0.5) is 0 Å². The summed E-state index contributed by atoms with van der Waals surface area (Å²) in [6, 6.07) is 4.63. The lowest BCUT2D eigenvalue weighted by Gasteiger charge is -2.30. The fourth-order valence-electron chi connectivity index (χ4n) is 11.1. The van der Waals surface area contributed by atoms with Gasteiger partial charge in [-0.1, -0.05) is 89.1 Å². The molecule has 2 fully saturated rings. The van der Waals surface area contributed by atoms with Crippen molar-refractivity contribution in [1.82, 2.24) is 73.0 Å². The third-order valence-corrected chi connectivity index (χ3v) is 16.0. The van der Waals surface area contributed by atoms with Gasteiger partial charge in [-0.25, -0.2) is 4.98 Å². The maximum Gasteiger partial charge on any atom is 0.245 e. The van der Waals surface area contributed by atoms with Crippen molar-refractivity contribution in [3.05, 3.63) is 90.1 Å². The number of ketones is 1. The van der Waals surface area contributed by atoms with Crippen LogP contribution in [-0.2, 0) is 72.0 Å². The zero-order chi connectivity index (χ0) is 67.6. The van der Waals surface area contributed by atoms with E-state index in [1.165, 1.54) is 24.3 Å². The highest BCUT2D eigenvalue weighted by Crippen LogP contribution is 2.22. The van der Waals surface area contributed by atoms with E-state index < -0.39 is 114 Å². The first kappa shape index (κ1) is 72.8. The Kier molecular flexibility index (Phi) is 28.7. The Hall–Kier alpha value is -9.25. The predicted molar refractivity (Wildman–Crippen MR) is 346 cm³/mol. The van der Waals surface area contributed by atoms with Crippen LogP contribution in [0.3, 0.4) is 0 Å². The molecule has 506 valence electrons. The Morgan fingerprint density at radius 3 is 1.94 bits per heavy atom. The third-order valence-electron chi connectivity index (χ3n) is 16.0. The molecule has 29 heteroatoms. The van der Waals surface area contributed by atoms with Gasteiger partial charge in [0.1, 0.15) is 60.2 Å². The minimum absolute atomic E-state index is 0.0442. The first-order valence-electron chi connectivity index (χ1n) is 31.9. The van der Waals surface area contributed by atoms with E-state index in [-0.39, 0.29) is 107 Å². The van der Waals surface area contributed by atoms with Gasteiger partial charge in [-0.05, 0) is 87.9 Å². The first-order chi connectivity index (χ1) is 44.5. The fourth-order valence-corrected chi connectivity index (χ4v) is 11.1. The molecule has 17 N–H and O–H groups in total. The van der Waals surface area contributed by atoms with E-state index in [9.17, 15) is 57.8 Å². The molecular weight excluding hydrogens is 1200 g/mol. The number of guanidine groups is 1. The van der Waals surface area contributed by atoms with E-state index in [1.54, 1.807) is 42.6 Å². The number of nitrogens with zero attached hydrogens (tertiary/aromatic N) is 3. The summed E-state index contributed by atoms with van der Waals surface area (Å²) in [4.78, 5) is 168. The number of imidazole rings is 1. The van der Waals surface area contributed by atoms with Gasteiger partial charge >= 0.3 is 0 Å². The van der Waals surface area contributed by atoms with Crippen LogP contribution in [-0.4, -0.2) is 189 Å². The van der Waals surface area contributed by atoms with Crippen LogP contribution < -0.4 is 64.6 Å². The molecule has 9 atom stereocenters. The second-order valence-electron chi connectivity index (χ2n) is 24.4. The lowest BCUT2D eigenvalue weighted by molar-refractivity contribution is -0.142. The molecule has 0 saturated carbocycles. The average molecular weight is 1290 g/mol. The molecule has 2 aliphatic heterocycles. The van der Waals surface area contributed by atoms with Gasteiger partial charge in [0.15, 0.2) is 5.96 Å². The highest BCUT2D eigenvalue weighted by Gasteiger charge is 2.40. The number of aliphatic hydroxyl groups is 1. The molecule has 0 radical (unpaired) electrons. The van der Waals surface area contributed by atoms with Gasteiger partial charge in [-0.3, -0.25) is 57.7 Å². The van der Waals surface area contributed by atoms with Gasteiger partial charge < -0.3 is 84.6 Å². The zero-order valence-electron chi connectivity index (χ0n) is 53.6. The number of carbonyl (C=O) groups is 11. The number of aliphatic hydroxyl groups excluding tert-OH is 1. The summed E-state index contributed by atoms with van der Waals surface area (Å²) in [5.74, 6) is -7.67. The Bertz CT molecular complexity index is 3210. The number of benzene rings is 2. The summed E-state index contributed by atoms with van der Waals surface area (Å²) in [5, 5.41) is 39.3. The summed E-state index contributed by atoms with van der Waals surface area (Å²) < 4.78 is 0. The monoisotopic (exact) mass is 1290 g/mol. The van der Waals surface area contributed by atoms with Crippen LogP contribution >= 0.6 is 0 Å². The quantitative estimate of drug-likeness (QED) is 0.0144. The van der Waals surface area contributed by atoms with E-state index in [0.29, 0.717) is 49.0 Å². The van der Waals surface area contributed by atoms with E-state index >= 15 is 0 Å². The SMILES string of the molecule is CC(=O)CNC(=O)[C@@H]1CCCN1C(=O)[C@H](CCCN=C(N)N)NC(=O)[C@H](CC(C)C)NC(=O)[C@@H](CCCCCNC(C)C)NC(=O)[C@H](Cc1ccccc1)NC(=O)[C@H](CO)NC(=O)[C@H](Cc1c[nH]c2ccccc12)NC(=O)[C@H](Cc1cnc[nH]1)NC(=O)[C@@H]1CCC(=O)N1. The molecule has 0 unspecified atom stereocenters. The van der Waals surface area contributed by atoms with Gasteiger partial charge in [-0.15, -0.1) is 0 Å². The van der Waals surface area contributed by atoms with Gasteiger partial charge in [0.05, 0.1) is 19.5 Å². The normalized spacial score (nSPS) is 16.8. The van der Waals surface area contributed by atoms with Crippen LogP contribution in [0.2, 0.25) is 0 Å². The van der Waals surface area contributed by atoms with Crippen LogP contribution in [0.15, 0.2) is 78.3 Å². The van der Waals surface area contributed by atoms with Crippen molar-refractivity contribution in [3.63, 3.8) is 0 Å². The number of aromatic nitrogens is 3. The largest absolute Gasteiger partial charge is 0.394 e. The molecule has 2 aliphatic rings. The molecule has 4 heterocycles. The number of hydrogen-bond donors (Lipinski definition) is 15. The highest BCUT2D eigenvalue weighted by atomic mass is 16.3. The molecule has 0 spiro atoms. The van der Waals surface area contributed by atoms with Crippen LogP contribution in [0.25, 0.3) is 10.9 Å². The number of aliphatic imine (C=N–C) groups is 1. The standard InChI is InChI=1S/C64H93N17O12/c1-37(2)28-48(57(87)75-47(21-14-26-69-64(65)66)63(93)81-27-15-22-53(81)62(92)71-32-39(5)83)76-55(85)45(20-10-7-13-25-68-38(3)4)74-58(88)49(29-40-16-8-6-9-17-40)77-61(91)52(35-82)80-59(89)50(30-41-33-70-44-19-12-11-18-43(41)44)78-60(90)51(31-42-34-67-36-72-42)79-56(86)46-23-24-54(84)73-46/h6,8-9,11-12,16-19,33-34,36-38,45-53,68,70,82H,7,10,13-15,20-32,35H2,1-5H3,(H,67,72)(H,71,92)(H,73,84)(H,74,88)(H,75,87)(H,76,85)(H,77,91)(H,78,90)(H,79,86)(H,80,89)(H4,65,66,69)/t45-,46+,47+,48+,49+,50+,51+,52+,53+/m1/s1. The van der Waals surface area contributed by atoms with Crippen molar-refractivity contribution < 1.29 is 57.8 Å². The Morgan fingerprint density at radius 1 is 0.677 bits per heavy atom. The summed E-state index contributed by atoms with van der Waals surface area (Å²) in [6.07, 6.45) is 7.51. The van der Waals surface area contributed by atoms with Crippen molar-refractivity contribution >= 4 is 81.7 Å². The zero-order valence-corrected chi connectivity index (χ0v) is 53.6. The van der Waals surface area contributed by atoms with Crippen LogP contribution in [0, 0.1) is 5.92 Å². The second kappa shape index (κ2) is 36.7. The molecule has 29 nitrogen and oxygen atoms in total. The van der Waals surface area contributed by atoms with Crippen molar-refractivity contribution in [1.29, 1.82) is 0 Å². The number of aromatic amines is 2. The summed E-state index contributed by atoms with van der Waals surface area (Å²) in [5.41, 5.74) is 13.5. The van der Waals surface area contributed by atoms with Crippen molar-refractivity contribution in [2.24, 2.45) is 22.4 Å². The molecule has 2 aromatic heterocycles. The number of likely N-dealkylation sites (tertiary alicyclic amines) is 1. The lowest BCUT2D eigenvalue weighted by Crippen LogP contribution is -2.61. The Balaban J connectivity index is 1.24. The summed E-state index contributed by atoms with van der Waals surface area (Å²) in [7, 11) is 0. The number of amides is 10. The van der Waals surface area contributed by atoms with Gasteiger partial charge in [-0.2, -0.15) is 0 Å². The average Bonchev–Trinajstić information content (AvgIpc) is 1.95. The van der Waals surface area contributed by atoms with Gasteiger partial charge in [0.25, 0.3) is 0 Å². The maximum atomic E-state index is 14.9. The number of carbonyl (C=O) groups excluding carboxylic acids is 11. The minimum Gasteiger partial charge on any atom is -0.394 e. The molecule has 4 aromatic rings. The number of rotatable bonds is 38. The van der Waals surface area contributed by atoms with Crippen LogP contribution in [0.5, 0.6) is 0 Å². The topological polar surface area (TPSA) is 440 Å². The fraction of sp³-hybridized carbons (Fsp3) is 0.547. The van der Waals surface area contributed by atoms with Crippen LogP contribution in [0.1, 0.15) is 122 Å². The second-order valence-corrected chi connectivity index (χ2v) is 24.4. The van der Waals surface area contributed by atoms with E-state index in [4.69, 9.17) is 11.5 Å². The summed E-state index contributed by atoms with van der Waals surface area (Å²) in [6.45, 7) is 8.83. The van der Waals surface area contributed by atoms with Gasteiger partial charge in [0.2, 0.25) is 59.1 Å². The molecular formula is C64H93N17O12. The molecule has 93 heavy (non-hydrogen) atoms. The molecule has 0 aliphatic carbocycles. The lowest BCUT2D eigenvalue weighted by atomic mass is 10.00. The first-order valence-corrected chi connectivity index (χ1v) is 31.9. The predicted octanol–water partition coefficient (Wildman–Crippen LogP) is -1.06. The summed E-state index contributed by atoms with van der Waals surface area (Å²) >= 11 is 0. The number of H-pyrrole nitrogens is 2. The van der Waals surface area contributed by atoms with E-state index in [1.807, 2.05) is 45.9 Å². The number of unbranched alkanes of at least 4 members (excludes halogenated alkanes) is 2. The van der Waals surface area contributed by atoms with Crippen molar-refractivity contribution in [3.8, 4) is 0 Å². The molecule has 2 saturated heterocycles. The van der Waals surface area contributed by atoms with Crippen molar-refractivity contribution in [2.45, 2.75) is 185 Å². The van der Waals surface area contributed by atoms with E-state index in [0.717, 1.165) is 17.3 Å².